The average molecular weight is 366 g/mol. The van der Waals surface area contributed by atoms with Gasteiger partial charge in [0, 0.05) is 23.5 Å². The third-order valence-corrected chi connectivity index (χ3v) is 4.34. The van der Waals surface area contributed by atoms with Gasteiger partial charge in [0.25, 0.3) is 11.6 Å². The van der Waals surface area contributed by atoms with Crippen LogP contribution in [0, 0.1) is 17.0 Å². The molecule has 8 nitrogen and oxygen atoms in total. The number of nitro benzene ring substituents is 1. The number of benzene rings is 2. The number of nitro groups is 1. The molecular weight excluding hydrogens is 348 g/mol. The largest absolute Gasteiger partial charge is 0.327 e. The molecule has 2 aromatic carbocycles. The standard InChI is InChI=1S/C19H18N4O4/c1-11-5-3-4-6-15(11)21-18(24)16-12(2)20-19(25)22-17(16)13-7-9-14(10-8-13)23(26)27/h3-10,17H,1-2H3,(H,21,24)(H2,20,22,25)/t17-/m1/s1. The SMILES string of the molecule is CC1=C(C(=O)Nc2ccccc2C)[C@@H](c2ccc([N+](=O)[O-])cc2)NC(=O)N1. The maximum atomic E-state index is 12.9. The van der Waals surface area contributed by atoms with Gasteiger partial charge in [0.15, 0.2) is 0 Å². The first-order valence-corrected chi connectivity index (χ1v) is 8.26. The summed E-state index contributed by atoms with van der Waals surface area (Å²) < 4.78 is 0. The van der Waals surface area contributed by atoms with E-state index in [1.54, 1.807) is 13.0 Å². The van der Waals surface area contributed by atoms with E-state index in [0.29, 0.717) is 22.5 Å². The number of anilines is 1. The molecule has 138 valence electrons. The molecule has 0 saturated heterocycles. The molecule has 0 aliphatic carbocycles. The van der Waals surface area contributed by atoms with E-state index < -0.39 is 17.0 Å². The summed E-state index contributed by atoms with van der Waals surface area (Å²) in [6, 6.07) is 11.9. The summed E-state index contributed by atoms with van der Waals surface area (Å²) in [4.78, 5) is 35.2. The van der Waals surface area contributed by atoms with E-state index in [2.05, 4.69) is 16.0 Å². The van der Waals surface area contributed by atoms with Crippen molar-refractivity contribution in [1.29, 1.82) is 0 Å². The van der Waals surface area contributed by atoms with Crippen molar-refractivity contribution in [2.75, 3.05) is 5.32 Å². The molecule has 3 amide bonds. The summed E-state index contributed by atoms with van der Waals surface area (Å²) in [6.45, 7) is 3.52. The Labute approximate surface area is 155 Å². The average Bonchev–Trinajstić information content (AvgIpc) is 2.63. The fourth-order valence-corrected chi connectivity index (χ4v) is 2.94. The van der Waals surface area contributed by atoms with Crippen LogP contribution in [0.1, 0.15) is 24.1 Å². The highest BCUT2D eigenvalue weighted by atomic mass is 16.6. The highest BCUT2D eigenvalue weighted by Gasteiger charge is 2.31. The normalized spacial score (nSPS) is 16.4. The Kier molecular flexibility index (Phi) is 4.89. The van der Waals surface area contributed by atoms with Crippen LogP contribution in [0.25, 0.3) is 0 Å². The molecule has 2 aromatic rings. The second kappa shape index (κ2) is 7.28. The van der Waals surface area contributed by atoms with Crippen LogP contribution in [0.4, 0.5) is 16.2 Å². The number of urea groups is 1. The van der Waals surface area contributed by atoms with Gasteiger partial charge < -0.3 is 16.0 Å². The highest BCUT2D eigenvalue weighted by Crippen LogP contribution is 2.29. The fraction of sp³-hybridized carbons (Fsp3) is 0.158. The number of rotatable bonds is 4. The Bertz CT molecular complexity index is 950. The lowest BCUT2D eigenvalue weighted by molar-refractivity contribution is -0.384. The zero-order chi connectivity index (χ0) is 19.6. The van der Waals surface area contributed by atoms with Crippen molar-refractivity contribution in [3.63, 3.8) is 0 Å². The third-order valence-electron chi connectivity index (χ3n) is 4.34. The van der Waals surface area contributed by atoms with E-state index in [0.717, 1.165) is 5.56 Å². The number of non-ortho nitro benzene ring substituents is 1. The van der Waals surface area contributed by atoms with Crippen LogP contribution in [0.2, 0.25) is 0 Å². The summed E-state index contributed by atoms with van der Waals surface area (Å²) in [5, 5.41) is 19.0. The van der Waals surface area contributed by atoms with Gasteiger partial charge >= 0.3 is 6.03 Å². The number of hydrogen-bond acceptors (Lipinski definition) is 4. The summed E-state index contributed by atoms with van der Waals surface area (Å²) in [5.74, 6) is -0.363. The first-order valence-electron chi connectivity index (χ1n) is 8.26. The number of amides is 3. The van der Waals surface area contributed by atoms with Gasteiger partial charge in [0.2, 0.25) is 0 Å². The Morgan fingerprint density at radius 1 is 1.11 bits per heavy atom. The first kappa shape index (κ1) is 18.1. The van der Waals surface area contributed by atoms with E-state index in [4.69, 9.17) is 0 Å². The lowest BCUT2D eigenvalue weighted by atomic mass is 9.94. The number of para-hydroxylation sites is 1. The highest BCUT2D eigenvalue weighted by molar-refractivity contribution is 6.07. The monoisotopic (exact) mass is 366 g/mol. The van der Waals surface area contributed by atoms with Crippen molar-refractivity contribution in [3.8, 4) is 0 Å². The van der Waals surface area contributed by atoms with E-state index in [-0.39, 0.29) is 11.6 Å². The molecule has 3 N–H and O–H groups in total. The minimum Gasteiger partial charge on any atom is -0.327 e. The first-order chi connectivity index (χ1) is 12.9. The Morgan fingerprint density at radius 3 is 2.41 bits per heavy atom. The molecule has 0 aromatic heterocycles. The lowest BCUT2D eigenvalue weighted by Crippen LogP contribution is -2.46. The number of nitrogens with zero attached hydrogens (tertiary/aromatic N) is 1. The van der Waals surface area contributed by atoms with Gasteiger partial charge in [-0.3, -0.25) is 14.9 Å². The van der Waals surface area contributed by atoms with Gasteiger partial charge in [-0.05, 0) is 43.2 Å². The number of hydrogen-bond donors (Lipinski definition) is 3. The van der Waals surface area contributed by atoms with Crippen molar-refractivity contribution in [2.24, 2.45) is 0 Å². The topological polar surface area (TPSA) is 113 Å². The molecule has 1 aliphatic heterocycles. The smallest absolute Gasteiger partial charge is 0.319 e. The number of carbonyl (C=O) groups excluding carboxylic acids is 2. The number of aryl methyl sites for hydroxylation is 1. The molecule has 27 heavy (non-hydrogen) atoms. The quantitative estimate of drug-likeness (QED) is 0.570. The molecule has 1 atom stereocenters. The molecule has 0 radical (unpaired) electrons. The predicted molar refractivity (Wildman–Crippen MR) is 100 cm³/mol. The van der Waals surface area contributed by atoms with Crippen LogP contribution in [0.3, 0.4) is 0 Å². The molecule has 0 bridgehead atoms. The van der Waals surface area contributed by atoms with Crippen LogP contribution >= 0.6 is 0 Å². The van der Waals surface area contributed by atoms with Gasteiger partial charge in [-0.1, -0.05) is 18.2 Å². The Balaban J connectivity index is 1.95. The third kappa shape index (κ3) is 3.79. The van der Waals surface area contributed by atoms with E-state index in [9.17, 15) is 19.7 Å². The number of allylic oxidation sites excluding steroid dienone is 1. The van der Waals surface area contributed by atoms with Gasteiger partial charge in [0.05, 0.1) is 16.5 Å². The molecule has 0 saturated carbocycles. The van der Waals surface area contributed by atoms with Gasteiger partial charge in [-0.2, -0.15) is 0 Å². The van der Waals surface area contributed by atoms with Gasteiger partial charge in [-0.25, -0.2) is 4.79 Å². The molecule has 8 heteroatoms. The lowest BCUT2D eigenvalue weighted by Gasteiger charge is -2.28. The fourth-order valence-electron chi connectivity index (χ4n) is 2.94. The zero-order valence-corrected chi connectivity index (χ0v) is 14.8. The molecule has 1 aliphatic rings. The van der Waals surface area contributed by atoms with Crippen LogP contribution in [-0.4, -0.2) is 16.9 Å². The molecular formula is C19H18N4O4. The summed E-state index contributed by atoms with van der Waals surface area (Å²) >= 11 is 0. The minimum atomic E-state index is -0.719. The van der Waals surface area contributed by atoms with Crippen molar-refractivity contribution in [1.82, 2.24) is 10.6 Å². The molecule has 0 unspecified atom stereocenters. The second-order valence-corrected chi connectivity index (χ2v) is 6.19. The predicted octanol–water partition coefficient (Wildman–Crippen LogP) is 3.17. The van der Waals surface area contributed by atoms with Crippen molar-refractivity contribution in [3.05, 3.63) is 81.0 Å². The van der Waals surface area contributed by atoms with Crippen molar-refractivity contribution >= 4 is 23.3 Å². The second-order valence-electron chi connectivity index (χ2n) is 6.19. The van der Waals surface area contributed by atoms with Crippen molar-refractivity contribution in [2.45, 2.75) is 19.9 Å². The van der Waals surface area contributed by atoms with Crippen LogP contribution < -0.4 is 16.0 Å². The van der Waals surface area contributed by atoms with E-state index in [1.165, 1.54) is 24.3 Å². The maximum Gasteiger partial charge on any atom is 0.319 e. The Hall–Kier alpha value is -3.68. The minimum absolute atomic E-state index is 0.0642. The molecule has 3 rings (SSSR count). The van der Waals surface area contributed by atoms with Crippen LogP contribution in [0.15, 0.2) is 59.8 Å². The molecule has 0 fully saturated rings. The summed E-state index contributed by atoms with van der Waals surface area (Å²) in [6.07, 6.45) is 0. The molecule has 1 heterocycles. The van der Waals surface area contributed by atoms with E-state index >= 15 is 0 Å². The zero-order valence-electron chi connectivity index (χ0n) is 14.8. The van der Waals surface area contributed by atoms with Crippen LogP contribution in [-0.2, 0) is 4.79 Å². The van der Waals surface area contributed by atoms with E-state index in [1.807, 2.05) is 25.1 Å². The van der Waals surface area contributed by atoms with Crippen molar-refractivity contribution < 1.29 is 14.5 Å². The Morgan fingerprint density at radius 2 is 1.78 bits per heavy atom. The number of nitrogens with one attached hydrogen (secondary N) is 3. The van der Waals surface area contributed by atoms with Gasteiger partial charge in [-0.15, -0.1) is 0 Å². The number of carbonyl (C=O) groups is 2. The van der Waals surface area contributed by atoms with Gasteiger partial charge in [0.1, 0.15) is 0 Å². The molecule has 0 spiro atoms. The summed E-state index contributed by atoms with van der Waals surface area (Å²) in [7, 11) is 0. The maximum absolute atomic E-state index is 12.9. The summed E-state index contributed by atoms with van der Waals surface area (Å²) in [5.41, 5.74) is 2.85. The van der Waals surface area contributed by atoms with Crippen LogP contribution in [0.5, 0.6) is 0 Å².